The molecule has 0 unspecified atom stereocenters. The van der Waals surface area contributed by atoms with Crippen LogP contribution < -0.4 is 0 Å². The van der Waals surface area contributed by atoms with Gasteiger partial charge in [0, 0.05) is 0 Å². The molecule has 0 aromatic heterocycles. The Morgan fingerprint density at radius 1 is 1.62 bits per heavy atom. The van der Waals surface area contributed by atoms with E-state index in [1.807, 2.05) is 0 Å². The molecule has 0 aliphatic rings. The third-order valence-corrected chi connectivity index (χ3v) is 0.406. The lowest BCUT2D eigenvalue weighted by Crippen LogP contribution is -2.10. The van der Waals surface area contributed by atoms with Crippen LogP contribution in [0, 0.1) is 0 Å². The minimum absolute atomic E-state index is 0.255. The highest BCUT2D eigenvalue weighted by molar-refractivity contribution is 5.58. The van der Waals surface area contributed by atoms with Crippen molar-refractivity contribution in [3.8, 4) is 0 Å². The van der Waals surface area contributed by atoms with Crippen molar-refractivity contribution in [2.75, 3.05) is 0 Å². The molecule has 0 aliphatic heterocycles. The van der Waals surface area contributed by atoms with Crippen LogP contribution in [0.15, 0.2) is 0 Å². The van der Waals surface area contributed by atoms with Gasteiger partial charge in [0.2, 0.25) is 0 Å². The topological polar surface area (TPSA) is 55.8 Å². The molecule has 0 rings (SSSR count). The van der Waals surface area contributed by atoms with Crippen molar-refractivity contribution in [1.29, 1.82) is 0 Å². The van der Waals surface area contributed by atoms with Crippen LogP contribution in [-0.4, -0.2) is 17.5 Å². The van der Waals surface area contributed by atoms with Crippen molar-refractivity contribution in [1.82, 2.24) is 0 Å². The van der Waals surface area contributed by atoms with Gasteiger partial charge in [-0.05, 0) is 13.8 Å². The molecule has 0 radical (unpaired) electrons. The predicted octanol–water partition coefficient (Wildman–Crippen LogP) is 1.02. The molecule has 0 aromatic carbocycles. The molecule has 0 heterocycles. The summed E-state index contributed by atoms with van der Waals surface area (Å²) in [5, 5.41) is 7.61. The average molecular weight is 120 g/mol. The van der Waals surface area contributed by atoms with Gasteiger partial charge < -0.3 is 4.74 Å². The molecule has 0 fully saturated rings. The quantitative estimate of drug-likeness (QED) is 0.319. The van der Waals surface area contributed by atoms with Crippen LogP contribution >= 0.6 is 0 Å². The molecule has 0 saturated heterocycles. The fourth-order valence-corrected chi connectivity index (χ4v) is 0.214. The lowest BCUT2D eigenvalue weighted by atomic mass is 10.5. The monoisotopic (exact) mass is 120 g/mol. The van der Waals surface area contributed by atoms with Gasteiger partial charge in [-0.25, -0.2) is 4.79 Å². The first-order chi connectivity index (χ1) is 3.66. The molecule has 0 spiro atoms. The number of rotatable bonds is 1. The van der Waals surface area contributed by atoms with Gasteiger partial charge in [0.25, 0.3) is 0 Å². The Morgan fingerprint density at radius 2 is 2.12 bits per heavy atom. The van der Waals surface area contributed by atoms with Gasteiger partial charge in [-0.3, -0.25) is 4.89 Å². The van der Waals surface area contributed by atoms with E-state index in [1.165, 1.54) is 0 Å². The van der Waals surface area contributed by atoms with E-state index in [4.69, 9.17) is 5.26 Å². The van der Waals surface area contributed by atoms with E-state index in [2.05, 4.69) is 9.62 Å². The maximum Gasteiger partial charge on any atom is 0.540 e. The molecule has 0 saturated carbocycles. The lowest BCUT2D eigenvalue weighted by Gasteiger charge is -2.02. The second kappa shape index (κ2) is 3.26. The third kappa shape index (κ3) is 3.42. The SMILES string of the molecule is CC(C)OC(=O)OO. The first-order valence-corrected chi connectivity index (χ1v) is 2.19. The lowest BCUT2D eigenvalue weighted by molar-refractivity contribution is -0.203. The number of ether oxygens (including phenoxy) is 1. The zero-order valence-corrected chi connectivity index (χ0v) is 4.75. The molecular formula is C4H8O4. The van der Waals surface area contributed by atoms with Gasteiger partial charge in [-0.2, -0.15) is 5.26 Å². The Labute approximate surface area is 46.9 Å². The Hall–Kier alpha value is -0.770. The maximum absolute atomic E-state index is 9.93. The Balaban J connectivity index is 3.25. The molecule has 4 heteroatoms. The van der Waals surface area contributed by atoms with Crippen molar-refractivity contribution in [3.05, 3.63) is 0 Å². The molecule has 0 atom stereocenters. The van der Waals surface area contributed by atoms with Crippen LogP contribution in [0.3, 0.4) is 0 Å². The van der Waals surface area contributed by atoms with Crippen LogP contribution in [0.1, 0.15) is 13.8 Å². The summed E-state index contributed by atoms with van der Waals surface area (Å²) < 4.78 is 4.29. The second-order valence-corrected chi connectivity index (χ2v) is 1.51. The van der Waals surface area contributed by atoms with Crippen molar-refractivity contribution < 1.29 is 19.7 Å². The van der Waals surface area contributed by atoms with E-state index in [9.17, 15) is 4.79 Å². The van der Waals surface area contributed by atoms with Gasteiger partial charge in [-0.1, -0.05) is 0 Å². The molecule has 0 aromatic rings. The fraction of sp³-hybridized carbons (Fsp3) is 0.750. The van der Waals surface area contributed by atoms with Crippen LogP contribution in [0.5, 0.6) is 0 Å². The van der Waals surface area contributed by atoms with Crippen LogP contribution in [0.4, 0.5) is 4.79 Å². The van der Waals surface area contributed by atoms with E-state index in [0.717, 1.165) is 0 Å². The van der Waals surface area contributed by atoms with Gasteiger partial charge in [0.05, 0.1) is 6.10 Å². The highest BCUT2D eigenvalue weighted by Gasteiger charge is 2.03. The van der Waals surface area contributed by atoms with E-state index in [0.29, 0.717) is 0 Å². The summed E-state index contributed by atoms with van der Waals surface area (Å²) in [4.78, 5) is 13.1. The number of carbonyl (C=O) groups excluding carboxylic acids is 1. The number of hydrogen-bond donors (Lipinski definition) is 1. The Morgan fingerprint density at radius 3 is 2.25 bits per heavy atom. The molecule has 48 valence electrons. The summed E-state index contributed by atoms with van der Waals surface area (Å²) in [6.45, 7) is 3.30. The summed E-state index contributed by atoms with van der Waals surface area (Å²) in [7, 11) is 0. The standard InChI is InChI=1S/C4H8O4/c1-3(2)7-4(5)8-6/h3,6H,1-2H3. The summed E-state index contributed by atoms with van der Waals surface area (Å²) in [5.74, 6) is 0. The van der Waals surface area contributed by atoms with E-state index >= 15 is 0 Å². The largest absolute Gasteiger partial charge is 0.540 e. The van der Waals surface area contributed by atoms with E-state index in [1.54, 1.807) is 13.8 Å². The van der Waals surface area contributed by atoms with Crippen LogP contribution in [-0.2, 0) is 9.62 Å². The molecule has 4 nitrogen and oxygen atoms in total. The van der Waals surface area contributed by atoms with Crippen molar-refractivity contribution in [2.45, 2.75) is 20.0 Å². The Bertz CT molecular complexity index is 78.1. The Kier molecular flexibility index (Phi) is 2.95. The van der Waals surface area contributed by atoms with Gasteiger partial charge in [0.1, 0.15) is 0 Å². The van der Waals surface area contributed by atoms with Crippen molar-refractivity contribution in [3.63, 3.8) is 0 Å². The van der Waals surface area contributed by atoms with Crippen LogP contribution in [0.25, 0.3) is 0 Å². The first kappa shape index (κ1) is 7.23. The number of carbonyl (C=O) groups is 1. The first-order valence-electron chi connectivity index (χ1n) is 2.19. The average Bonchev–Trinajstić information content (AvgIpc) is 1.65. The van der Waals surface area contributed by atoms with Gasteiger partial charge in [0.15, 0.2) is 0 Å². The minimum atomic E-state index is -1.07. The smallest absolute Gasteiger partial charge is 0.430 e. The van der Waals surface area contributed by atoms with Crippen LogP contribution in [0.2, 0.25) is 0 Å². The van der Waals surface area contributed by atoms with Crippen molar-refractivity contribution >= 4 is 6.16 Å². The highest BCUT2D eigenvalue weighted by Crippen LogP contribution is 1.89. The van der Waals surface area contributed by atoms with E-state index in [-0.39, 0.29) is 6.10 Å². The van der Waals surface area contributed by atoms with Gasteiger partial charge >= 0.3 is 6.16 Å². The van der Waals surface area contributed by atoms with Gasteiger partial charge in [-0.15, -0.1) is 0 Å². The molecular weight excluding hydrogens is 112 g/mol. The molecule has 0 amide bonds. The summed E-state index contributed by atoms with van der Waals surface area (Å²) in [6, 6.07) is 0. The second-order valence-electron chi connectivity index (χ2n) is 1.51. The molecule has 8 heavy (non-hydrogen) atoms. The van der Waals surface area contributed by atoms with E-state index < -0.39 is 6.16 Å². The van der Waals surface area contributed by atoms with Crippen molar-refractivity contribution in [2.24, 2.45) is 0 Å². The summed E-state index contributed by atoms with van der Waals surface area (Å²) in [5.41, 5.74) is 0. The fourth-order valence-electron chi connectivity index (χ4n) is 0.214. The summed E-state index contributed by atoms with van der Waals surface area (Å²) >= 11 is 0. The summed E-state index contributed by atoms with van der Waals surface area (Å²) in [6.07, 6.45) is -1.32. The highest BCUT2D eigenvalue weighted by atomic mass is 17.1. The zero-order valence-electron chi connectivity index (χ0n) is 4.75. The zero-order chi connectivity index (χ0) is 6.57. The predicted molar refractivity (Wildman–Crippen MR) is 25.3 cm³/mol. The molecule has 0 aliphatic carbocycles. The third-order valence-electron chi connectivity index (χ3n) is 0.406. The normalized spacial score (nSPS) is 9.00. The number of hydrogen-bond acceptors (Lipinski definition) is 4. The maximum atomic E-state index is 9.93. The molecule has 0 bridgehead atoms. The minimum Gasteiger partial charge on any atom is -0.430 e. The molecule has 1 N–H and O–H groups in total.